The minimum Gasteiger partial charge on any atom is -0.340 e. The Morgan fingerprint density at radius 1 is 1.22 bits per heavy atom. The van der Waals surface area contributed by atoms with Crippen molar-refractivity contribution >= 4 is 15.9 Å². The molecule has 0 bridgehead atoms. The molecule has 0 aromatic heterocycles. The summed E-state index contributed by atoms with van der Waals surface area (Å²) in [5.41, 5.74) is 0. The highest BCUT2D eigenvalue weighted by atomic mass is 32.2. The Balaban J connectivity index is 1.53. The molecular weight excluding hydrogens is 369 g/mol. The predicted molar refractivity (Wildman–Crippen MR) is 101 cm³/mol. The van der Waals surface area contributed by atoms with Crippen molar-refractivity contribution in [3.8, 4) is 0 Å². The highest BCUT2D eigenvalue weighted by Crippen LogP contribution is 2.24. The first-order chi connectivity index (χ1) is 12.9. The van der Waals surface area contributed by atoms with Gasteiger partial charge in [-0.3, -0.25) is 4.79 Å². The molecule has 0 aliphatic carbocycles. The number of carbonyl (C=O) groups is 1. The lowest BCUT2D eigenvalue weighted by atomic mass is 9.85. The Bertz CT molecular complexity index is 740. The van der Waals surface area contributed by atoms with Gasteiger partial charge in [0.2, 0.25) is 15.9 Å². The van der Waals surface area contributed by atoms with E-state index >= 15 is 0 Å². The van der Waals surface area contributed by atoms with Crippen molar-refractivity contribution < 1.29 is 17.6 Å². The van der Waals surface area contributed by atoms with Crippen molar-refractivity contribution in [2.45, 2.75) is 31.1 Å². The number of sulfonamides is 1. The topological polar surface area (TPSA) is 69.7 Å². The quantitative estimate of drug-likeness (QED) is 0.821. The number of nitrogens with zero attached hydrogens (tertiary/aromatic N) is 2. The van der Waals surface area contributed by atoms with Crippen LogP contribution in [0.1, 0.15) is 26.2 Å². The first kappa shape index (κ1) is 20.2. The Kier molecular flexibility index (Phi) is 6.49. The van der Waals surface area contributed by atoms with E-state index in [0.717, 1.165) is 38.1 Å². The average Bonchev–Trinajstić information content (AvgIpc) is 2.69. The highest BCUT2D eigenvalue weighted by molar-refractivity contribution is 7.89. The molecule has 27 heavy (non-hydrogen) atoms. The van der Waals surface area contributed by atoms with E-state index < -0.39 is 15.8 Å². The van der Waals surface area contributed by atoms with Crippen LogP contribution in [0, 0.1) is 17.7 Å². The third-order valence-electron chi connectivity index (χ3n) is 5.68. The fourth-order valence-electron chi connectivity index (χ4n) is 3.87. The zero-order valence-corrected chi connectivity index (χ0v) is 16.5. The molecule has 2 saturated heterocycles. The number of hydrogen-bond acceptors (Lipinski definition) is 4. The van der Waals surface area contributed by atoms with Crippen molar-refractivity contribution in [2.75, 3.05) is 39.3 Å². The van der Waals surface area contributed by atoms with E-state index in [0.29, 0.717) is 31.3 Å². The van der Waals surface area contributed by atoms with E-state index in [1.807, 2.05) is 0 Å². The lowest BCUT2D eigenvalue weighted by Crippen LogP contribution is -2.51. The van der Waals surface area contributed by atoms with Crippen LogP contribution in [0.5, 0.6) is 0 Å². The number of hydrogen-bond donors (Lipinski definition) is 1. The van der Waals surface area contributed by atoms with E-state index in [4.69, 9.17) is 0 Å². The van der Waals surface area contributed by atoms with Gasteiger partial charge in [0.15, 0.2) is 0 Å². The van der Waals surface area contributed by atoms with E-state index in [9.17, 15) is 17.6 Å². The molecule has 1 N–H and O–H groups in total. The Morgan fingerprint density at radius 3 is 2.48 bits per heavy atom. The van der Waals surface area contributed by atoms with Crippen LogP contribution in [0.2, 0.25) is 0 Å². The summed E-state index contributed by atoms with van der Waals surface area (Å²) in [5.74, 6) is 0.493. The van der Waals surface area contributed by atoms with Gasteiger partial charge in [0.05, 0.1) is 4.90 Å². The number of nitrogens with one attached hydrogen (secondary N) is 1. The average molecular weight is 398 g/mol. The summed E-state index contributed by atoms with van der Waals surface area (Å²) in [4.78, 5) is 14.5. The summed E-state index contributed by atoms with van der Waals surface area (Å²) in [6.07, 6.45) is 2.82. The summed E-state index contributed by atoms with van der Waals surface area (Å²) in [6.45, 7) is 5.49. The first-order valence-electron chi connectivity index (χ1n) is 9.62. The maximum Gasteiger partial charge on any atom is 0.243 e. The van der Waals surface area contributed by atoms with Gasteiger partial charge in [0, 0.05) is 32.6 Å². The summed E-state index contributed by atoms with van der Waals surface area (Å²) >= 11 is 0. The van der Waals surface area contributed by atoms with Gasteiger partial charge in [-0.15, -0.1) is 0 Å². The van der Waals surface area contributed by atoms with Gasteiger partial charge >= 0.3 is 0 Å². The van der Waals surface area contributed by atoms with Gasteiger partial charge in [-0.2, -0.15) is 4.31 Å². The number of carbonyl (C=O) groups excluding carboxylic acids is 1. The van der Waals surface area contributed by atoms with E-state index in [1.165, 1.54) is 16.4 Å². The molecule has 1 aromatic rings. The molecule has 0 radical (unpaired) electrons. The highest BCUT2D eigenvalue weighted by Gasteiger charge is 2.31. The lowest BCUT2D eigenvalue weighted by molar-refractivity contribution is -0.133. The van der Waals surface area contributed by atoms with Crippen LogP contribution < -0.4 is 5.32 Å². The third-order valence-corrected chi connectivity index (χ3v) is 7.59. The molecule has 6 nitrogen and oxygen atoms in total. The third kappa shape index (κ3) is 4.86. The van der Waals surface area contributed by atoms with Crippen molar-refractivity contribution in [3.05, 3.63) is 30.1 Å². The molecule has 2 heterocycles. The molecule has 0 spiro atoms. The lowest BCUT2D eigenvalue weighted by Gasteiger charge is -2.35. The molecule has 2 aliphatic heterocycles. The second-order valence-electron chi connectivity index (χ2n) is 7.53. The molecule has 1 amide bonds. The van der Waals surface area contributed by atoms with Crippen LogP contribution >= 0.6 is 0 Å². The first-order valence-corrected chi connectivity index (χ1v) is 11.1. The minimum atomic E-state index is -3.65. The zero-order chi connectivity index (χ0) is 19.4. The number of piperazine rings is 1. The minimum absolute atomic E-state index is 0.0853. The van der Waals surface area contributed by atoms with Gasteiger partial charge in [-0.1, -0.05) is 6.92 Å². The van der Waals surface area contributed by atoms with Crippen LogP contribution in [-0.2, 0) is 14.8 Å². The number of halogens is 1. The standard InChI is InChI=1S/C19H28FN3O3S/c1-15(16-3-2-8-21-14-16)13-19(24)22-9-11-23(12-10-22)27(25,26)18-6-4-17(20)5-7-18/h4-7,15-16,21H,2-3,8-14H2,1H3. The normalized spacial score (nSPS) is 23.2. The van der Waals surface area contributed by atoms with E-state index in [1.54, 1.807) is 4.90 Å². The fourth-order valence-corrected chi connectivity index (χ4v) is 5.29. The Morgan fingerprint density at radius 2 is 1.89 bits per heavy atom. The molecule has 0 saturated carbocycles. The summed E-state index contributed by atoms with van der Waals surface area (Å²) < 4.78 is 39.7. The fraction of sp³-hybridized carbons (Fsp3) is 0.632. The second kappa shape index (κ2) is 8.67. The molecule has 2 aliphatic rings. The summed E-state index contributed by atoms with van der Waals surface area (Å²) in [7, 11) is -3.65. The van der Waals surface area contributed by atoms with Crippen LogP contribution in [0.25, 0.3) is 0 Å². The van der Waals surface area contributed by atoms with Crippen LogP contribution in [0.3, 0.4) is 0 Å². The summed E-state index contributed by atoms with van der Waals surface area (Å²) in [6, 6.07) is 4.85. The maximum atomic E-state index is 13.0. The van der Waals surface area contributed by atoms with Gasteiger partial charge in [0.1, 0.15) is 5.82 Å². The molecule has 2 fully saturated rings. The molecule has 8 heteroatoms. The molecule has 2 unspecified atom stereocenters. The van der Waals surface area contributed by atoms with Crippen LogP contribution in [0.15, 0.2) is 29.2 Å². The molecule has 1 aromatic carbocycles. The Hall–Kier alpha value is -1.51. The second-order valence-corrected chi connectivity index (χ2v) is 9.46. The SMILES string of the molecule is CC(CC(=O)N1CCN(S(=O)(=O)c2ccc(F)cc2)CC1)C1CCCNC1. The van der Waals surface area contributed by atoms with Crippen molar-refractivity contribution in [2.24, 2.45) is 11.8 Å². The Labute approximate surface area is 160 Å². The van der Waals surface area contributed by atoms with Gasteiger partial charge in [0.25, 0.3) is 0 Å². The van der Waals surface area contributed by atoms with E-state index in [-0.39, 0.29) is 23.9 Å². The molecular formula is C19H28FN3O3S. The van der Waals surface area contributed by atoms with Gasteiger partial charge in [-0.25, -0.2) is 12.8 Å². The monoisotopic (exact) mass is 397 g/mol. The molecule has 3 rings (SSSR count). The van der Waals surface area contributed by atoms with Crippen molar-refractivity contribution in [1.82, 2.24) is 14.5 Å². The van der Waals surface area contributed by atoms with Crippen molar-refractivity contribution in [3.63, 3.8) is 0 Å². The number of piperidine rings is 1. The van der Waals surface area contributed by atoms with Gasteiger partial charge < -0.3 is 10.2 Å². The number of amides is 1. The van der Waals surface area contributed by atoms with E-state index in [2.05, 4.69) is 12.2 Å². The molecule has 2 atom stereocenters. The van der Waals surface area contributed by atoms with Crippen LogP contribution in [-0.4, -0.2) is 62.8 Å². The smallest absolute Gasteiger partial charge is 0.243 e. The number of rotatable bonds is 5. The van der Waals surface area contributed by atoms with Crippen LogP contribution in [0.4, 0.5) is 4.39 Å². The molecule has 150 valence electrons. The zero-order valence-electron chi connectivity index (χ0n) is 15.7. The predicted octanol–water partition coefficient (Wildman–Crippen LogP) is 1.68. The van der Waals surface area contributed by atoms with Crippen molar-refractivity contribution in [1.29, 1.82) is 0 Å². The largest absolute Gasteiger partial charge is 0.340 e. The van der Waals surface area contributed by atoms with Gasteiger partial charge in [-0.05, 0) is 62.0 Å². The number of benzene rings is 1. The maximum absolute atomic E-state index is 13.0. The summed E-state index contributed by atoms with van der Waals surface area (Å²) in [5, 5.41) is 3.39.